The fourth-order valence-electron chi connectivity index (χ4n) is 3.90. The first-order valence-corrected chi connectivity index (χ1v) is 8.83. The number of likely N-dealkylation sites (tertiary alicyclic amines) is 1. The Morgan fingerprint density at radius 3 is 2.62 bits per heavy atom. The van der Waals surface area contributed by atoms with Gasteiger partial charge in [-0.3, -0.25) is 0 Å². The first-order valence-electron chi connectivity index (χ1n) is 8.83. The van der Waals surface area contributed by atoms with Crippen molar-refractivity contribution in [2.45, 2.75) is 44.2 Å². The standard InChI is InChI=1S/C16H25N7O/c1-21-15(10-23-12-17-11-18-23)19-20-16(21)13-2-6-22(7-3-13)14-4-8-24-9-5-14/h11-14H,2-10H2,1H3. The molecule has 0 unspecified atom stereocenters. The highest BCUT2D eigenvalue weighted by Crippen LogP contribution is 2.29. The van der Waals surface area contributed by atoms with Crippen molar-refractivity contribution in [3.05, 3.63) is 24.3 Å². The smallest absolute Gasteiger partial charge is 0.154 e. The second-order valence-corrected chi connectivity index (χ2v) is 6.78. The van der Waals surface area contributed by atoms with E-state index >= 15 is 0 Å². The third-order valence-corrected chi connectivity index (χ3v) is 5.37. The molecule has 0 spiro atoms. The molecule has 0 amide bonds. The molecule has 0 N–H and O–H groups in total. The number of hydrogen-bond donors (Lipinski definition) is 0. The van der Waals surface area contributed by atoms with Crippen molar-refractivity contribution < 1.29 is 4.74 Å². The van der Waals surface area contributed by atoms with Gasteiger partial charge in [-0.2, -0.15) is 5.10 Å². The van der Waals surface area contributed by atoms with Gasteiger partial charge >= 0.3 is 0 Å². The highest BCUT2D eigenvalue weighted by molar-refractivity contribution is 5.04. The number of piperidine rings is 1. The van der Waals surface area contributed by atoms with Crippen LogP contribution in [0.1, 0.15) is 43.3 Å². The van der Waals surface area contributed by atoms with E-state index in [1.807, 2.05) is 0 Å². The van der Waals surface area contributed by atoms with Gasteiger partial charge in [-0.1, -0.05) is 0 Å². The minimum Gasteiger partial charge on any atom is -0.381 e. The van der Waals surface area contributed by atoms with Crippen LogP contribution >= 0.6 is 0 Å². The molecule has 2 aromatic heterocycles. The molecule has 0 aliphatic carbocycles. The van der Waals surface area contributed by atoms with Gasteiger partial charge in [-0.05, 0) is 38.8 Å². The van der Waals surface area contributed by atoms with Gasteiger partial charge in [0, 0.05) is 32.2 Å². The zero-order valence-electron chi connectivity index (χ0n) is 14.2. The number of aromatic nitrogens is 6. The van der Waals surface area contributed by atoms with Crippen LogP contribution in [0.4, 0.5) is 0 Å². The molecule has 8 heteroatoms. The molecule has 0 saturated carbocycles. The molecule has 2 aliphatic heterocycles. The van der Waals surface area contributed by atoms with Gasteiger partial charge in [0.2, 0.25) is 0 Å². The Morgan fingerprint density at radius 1 is 1.12 bits per heavy atom. The SMILES string of the molecule is Cn1c(Cn2cncn2)nnc1C1CCN(C2CCOCC2)CC1. The summed E-state index contributed by atoms with van der Waals surface area (Å²) in [6.07, 6.45) is 7.93. The van der Waals surface area contributed by atoms with E-state index in [1.54, 1.807) is 17.3 Å². The quantitative estimate of drug-likeness (QED) is 0.825. The summed E-state index contributed by atoms with van der Waals surface area (Å²) in [5.41, 5.74) is 0. The average Bonchev–Trinajstić information content (AvgIpc) is 3.27. The summed E-state index contributed by atoms with van der Waals surface area (Å²) in [6, 6.07) is 0.710. The minimum absolute atomic E-state index is 0.503. The lowest BCUT2D eigenvalue weighted by atomic mass is 9.93. The highest BCUT2D eigenvalue weighted by Gasteiger charge is 2.29. The number of rotatable bonds is 4. The maximum Gasteiger partial charge on any atom is 0.154 e. The summed E-state index contributed by atoms with van der Waals surface area (Å²) in [7, 11) is 2.06. The third-order valence-electron chi connectivity index (χ3n) is 5.37. The van der Waals surface area contributed by atoms with Crippen molar-refractivity contribution in [2.24, 2.45) is 7.05 Å². The number of nitrogens with zero attached hydrogens (tertiary/aromatic N) is 7. The van der Waals surface area contributed by atoms with Gasteiger partial charge in [0.25, 0.3) is 0 Å². The number of hydrogen-bond acceptors (Lipinski definition) is 6. The van der Waals surface area contributed by atoms with E-state index in [0.717, 1.165) is 50.8 Å². The Kier molecular flexibility index (Phi) is 4.57. The minimum atomic E-state index is 0.503. The third kappa shape index (κ3) is 3.21. The van der Waals surface area contributed by atoms with E-state index in [2.05, 4.69) is 36.8 Å². The summed E-state index contributed by atoms with van der Waals surface area (Å²) in [5.74, 6) is 2.54. The molecule has 4 heterocycles. The topological polar surface area (TPSA) is 73.9 Å². The number of ether oxygens (including phenoxy) is 1. The molecule has 2 fully saturated rings. The summed E-state index contributed by atoms with van der Waals surface area (Å²) in [6.45, 7) is 4.75. The second-order valence-electron chi connectivity index (χ2n) is 6.78. The van der Waals surface area contributed by atoms with E-state index < -0.39 is 0 Å². The summed E-state index contributed by atoms with van der Waals surface area (Å²) in [4.78, 5) is 6.62. The van der Waals surface area contributed by atoms with Crippen molar-refractivity contribution in [1.29, 1.82) is 0 Å². The van der Waals surface area contributed by atoms with Crippen molar-refractivity contribution in [2.75, 3.05) is 26.3 Å². The molecule has 2 saturated heterocycles. The second kappa shape index (κ2) is 6.98. The van der Waals surface area contributed by atoms with Gasteiger partial charge in [0.15, 0.2) is 5.82 Å². The molecule has 0 atom stereocenters. The summed E-state index contributed by atoms with van der Waals surface area (Å²) < 4.78 is 9.40. The van der Waals surface area contributed by atoms with Crippen molar-refractivity contribution in [3.63, 3.8) is 0 Å². The van der Waals surface area contributed by atoms with Crippen LogP contribution in [0.15, 0.2) is 12.7 Å². The predicted molar refractivity (Wildman–Crippen MR) is 87.5 cm³/mol. The Labute approximate surface area is 141 Å². The zero-order chi connectivity index (χ0) is 16.4. The van der Waals surface area contributed by atoms with E-state index in [-0.39, 0.29) is 0 Å². The molecule has 24 heavy (non-hydrogen) atoms. The monoisotopic (exact) mass is 331 g/mol. The van der Waals surface area contributed by atoms with Gasteiger partial charge < -0.3 is 14.2 Å². The van der Waals surface area contributed by atoms with Crippen LogP contribution < -0.4 is 0 Å². The maximum absolute atomic E-state index is 5.48. The van der Waals surface area contributed by atoms with Crippen LogP contribution in [-0.4, -0.2) is 66.8 Å². The van der Waals surface area contributed by atoms with Crippen molar-refractivity contribution in [1.82, 2.24) is 34.4 Å². The molecule has 130 valence electrons. The molecule has 0 bridgehead atoms. The molecule has 4 rings (SSSR count). The lowest BCUT2D eigenvalue weighted by Gasteiger charge is -2.38. The molecular weight excluding hydrogens is 306 g/mol. The first-order chi connectivity index (χ1) is 11.8. The molecular formula is C16H25N7O. The molecule has 0 radical (unpaired) electrons. The molecule has 8 nitrogen and oxygen atoms in total. The van der Waals surface area contributed by atoms with Crippen LogP contribution in [0.3, 0.4) is 0 Å². The van der Waals surface area contributed by atoms with Crippen LogP contribution in [0, 0.1) is 0 Å². The van der Waals surface area contributed by atoms with Crippen LogP contribution in [0.5, 0.6) is 0 Å². The molecule has 0 aromatic carbocycles. The van der Waals surface area contributed by atoms with Crippen LogP contribution in [0.25, 0.3) is 0 Å². The zero-order valence-corrected chi connectivity index (χ0v) is 14.2. The van der Waals surface area contributed by atoms with E-state index in [4.69, 9.17) is 4.74 Å². The van der Waals surface area contributed by atoms with Gasteiger partial charge in [0.05, 0.1) is 0 Å². The van der Waals surface area contributed by atoms with Crippen LogP contribution in [-0.2, 0) is 18.3 Å². The van der Waals surface area contributed by atoms with Crippen molar-refractivity contribution >= 4 is 0 Å². The molecule has 2 aliphatic rings. The Hall–Kier alpha value is -1.80. The van der Waals surface area contributed by atoms with Gasteiger partial charge in [-0.15, -0.1) is 10.2 Å². The van der Waals surface area contributed by atoms with Crippen LogP contribution in [0.2, 0.25) is 0 Å². The Morgan fingerprint density at radius 2 is 1.92 bits per heavy atom. The maximum atomic E-state index is 5.48. The Balaban J connectivity index is 1.38. The fraction of sp³-hybridized carbons (Fsp3) is 0.750. The van der Waals surface area contributed by atoms with Crippen molar-refractivity contribution in [3.8, 4) is 0 Å². The largest absolute Gasteiger partial charge is 0.381 e. The van der Waals surface area contributed by atoms with E-state index in [9.17, 15) is 0 Å². The fourth-order valence-corrected chi connectivity index (χ4v) is 3.90. The van der Waals surface area contributed by atoms with Gasteiger partial charge in [-0.25, -0.2) is 9.67 Å². The average molecular weight is 331 g/mol. The van der Waals surface area contributed by atoms with Gasteiger partial charge in [0.1, 0.15) is 25.0 Å². The van der Waals surface area contributed by atoms with E-state index in [1.165, 1.54) is 12.8 Å². The summed E-state index contributed by atoms with van der Waals surface area (Å²) >= 11 is 0. The Bertz CT molecular complexity index is 639. The van der Waals surface area contributed by atoms with E-state index in [0.29, 0.717) is 18.5 Å². The lowest BCUT2D eigenvalue weighted by molar-refractivity contribution is 0.0247. The normalized spacial score (nSPS) is 21.4. The lowest BCUT2D eigenvalue weighted by Crippen LogP contribution is -2.43. The predicted octanol–water partition coefficient (Wildman–Crippen LogP) is 0.813. The molecule has 2 aromatic rings. The highest BCUT2D eigenvalue weighted by atomic mass is 16.5. The summed E-state index contributed by atoms with van der Waals surface area (Å²) in [5, 5.41) is 13.0. The first kappa shape index (κ1) is 15.7.